The molecule has 0 saturated carbocycles. The number of esters is 1. The van der Waals surface area contributed by atoms with Crippen LogP contribution in [0.15, 0.2) is 30.3 Å². The second-order valence-electron chi connectivity index (χ2n) is 4.11. The molecule has 1 N–H and O–H groups in total. The van der Waals surface area contributed by atoms with Crippen LogP contribution in [-0.2, 0) is 25.5 Å². The van der Waals surface area contributed by atoms with Crippen LogP contribution < -0.4 is 5.32 Å². The van der Waals surface area contributed by atoms with Gasteiger partial charge in [-0.05, 0) is 12.5 Å². The fourth-order valence-corrected chi connectivity index (χ4v) is 1.45. The van der Waals surface area contributed by atoms with Crippen LogP contribution in [0.1, 0.15) is 18.9 Å². The number of Topliss-reactive ketones (excluding diaryl/α,β-unsaturated/α-hetero) is 1. The molecular formula is C14H17NO4. The molecule has 5 heteroatoms. The average Bonchev–Trinajstić information content (AvgIpc) is 2.35. The molecule has 0 unspecified atom stereocenters. The zero-order valence-corrected chi connectivity index (χ0v) is 10.8. The molecule has 0 radical (unpaired) electrons. The number of rotatable bonds is 7. The van der Waals surface area contributed by atoms with Gasteiger partial charge in [-0.2, -0.15) is 0 Å². The molecular weight excluding hydrogens is 246 g/mol. The maximum absolute atomic E-state index is 11.5. The molecule has 0 aliphatic carbocycles. The predicted octanol–water partition coefficient (Wildman–Crippen LogP) is 0.868. The predicted molar refractivity (Wildman–Crippen MR) is 69.4 cm³/mol. The smallest absolute Gasteiger partial charge is 0.313 e. The van der Waals surface area contributed by atoms with E-state index >= 15 is 0 Å². The van der Waals surface area contributed by atoms with Gasteiger partial charge in [-0.3, -0.25) is 14.4 Å². The third-order valence-corrected chi connectivity index (χ3v) is 2.29. The quantitative estimate of drug-likeness (QED) is 0.450. The largest absolute Gasteiger partial charge is 0.463 e. The highest BCUT2D eigenvalue weighted by atomic mass is 16.5. The van der Waals surface area contributed by atoms with Crippen molar-refractivity contribution < 1.29 is 19.1 Å². The Morgan fingerprint density at radius 1 is 1.16 bits per heavy atom. The molecule has 0 bridgehead atoms. The van der Waals surface area contributed by atoms with Gasteiger partial charge in [-0.15, -0.1) is 0 Å². The first kappa shape index (κ1) is 14.9. The molecule has 5 nitrogen and oxygen atoms in total. The van der Waals surface area contributed by atoms with E-state index in [1.165, 1.54) is 6.92 Å². The number of hydrogen-bond donors (Lipinski definition) is 1. The number of carbonyl (C=O) groups is 3. The lowest BCUT2D eigenvalue weighted by molar-refractivity contribution is -0.146. The second kappa shape index (κ2) is 8.02. The van der Waals surface area contributed by atoms with Gasteiger partial charge in [0.25, 0.3) is 0 Å². The normalized spacial score (nSPS) is 9.74. The first-order chi connectivity index (χ1) is 9.08. The van der Waals surface area contributed by atoms with Crippen LogP contribution in [-0.4, -0.2) is 30.8 Å². The molecule has 19 heavy (non-hydrogen) atoms. The van der Waals surface area contributed by atoms with Crippen molar-refractivity contribution in [1.82, 2.24) is 5.32 Å². The Hall–Kier alpha value is -2.17. The highest BCUT2D eigenvalue weighted by Crippen LogP contribution is 1.98. The van der Waals surface area contributed by atoms with E-state index in [1.807, 2.05) is 30.3 Å². The number of ketones is 1. The van der Waals surface area contributed by atoms with Crippen molar-refractivity contribution in [2.24, 2.45) is 0 Å². The highest BCUT2D eigenvalue weighted by molar-refractivity contribution is 5.94. The van der Waals surface area contributed by atoms with Crippen LogP contribution >= 0.6 is 0 Å². The minimum absolute atomic E-state index is 0.0760. The van der Waals surface area contributed by atoms with Gasteiger partial charge in [0.15, 0.2) is 0 Å². The van der Waals surface area contributed by atoms with Crippen molar-refractivity contribution in [2.45, 2.75) is 19.8 Å². The van der Waals surface area contributed by atoms with Crippen LogP contribution in [0.2, 0.25) is 0 Å². The molecule has 1 aromatic carbocycles. The van der Waals surface area contributed by atoms with E-state index in [0.29, 0.717) is 6.42 Å². The van der Waals surface area contributed by atoms with Crippen molar-refractivity contribution in [3.63, 3.8) is 0 Å². The summed E-state index contributed by atoms with van der Waals surface area (Å²) in [6.45, 7) is 1.64. The van der Waals surface area contributed by atoms with Crippen molar-refractivity contribution in [3.05, 3.63) is 35.9 Å². The third kappa shape index (κ3) is 6.98. The summed E-state index contributed by atoms with van der Waals surface area (Å²) in [7, 11) is 0. The summed E-state index contributed by atoms with van der Waals surface area (Å²) in [5.74, 6) is -0.934. The summed E-state index contributed by atoms with van der Waals surface area (Å²) in [6, 6.07) is 9.35. The molecule has 0 aliphatic rings. The van der Waals surface area contributed by atoms with Gasteiger partial charge in [0.2, 0.25) is 5.91 Å². The monoisotopic (exact) mass is 263 g/mol. The molecule has 0 fully saturated rings. The number of amides is 1. The van der Waals surface area contributed by atoms with Crippen molar-refractivity contribution in [1.29, 1.82) is 0 Å². The Bertz CT molecular complexity index is 442. The van der Waals surface area contributed by atoms with E-state index in [2.05, 4.69) is 5.32 Å². The molecule has 1 rings (SSSR count). The fraction of sp³-hybridized carbons (Fsp3) is 0.357. The average molecular weight is 263 g/mol. The molecule has 0 atom stereocenters. The van der Waals surface area contributed by atoms with Gasteiger partial charge in [-0.1, -0.05) is 30.3 Å². The van der Waals surface area contributed by atoms with E-state index in [-0.39, 0.29) is 31.3 Å². The zero-order valence-electron chi connectivity index (χ0n) is 10.8. The Balaban J connectivity index is 2.14. The van der Waals surface area contributed by atoms with E-state index in [4.69, 9.17) is 4.74 Å². The first-order valence-corrected chi connectivity index (χ1v) is 6.03. The van der Waals surface area contributed by atoms with Gasteiger partial charge in [0.05, 0.1) is 13.0 Å². The van der Waals surface area contributed by atoms with E-state index < -0.39 is 5.97 Å². The molecule has 1 amide bonds. The van der Waals surface area contributed by atoms with Crippen LogP contribution in [0, 0.1) is 0 Å². The molecule has 0 aliphatic heterocycles. The number of hydrogen-bond acceptors (Lipinski definition) is 4. The van der Waals surface area contributed by atoms with Gasteiger partial charge in [-0.25, -0.2) is 0 Å². The van der Waals surface area contributed by atoms with Gasteiger partial charge >= 0.3 is 5.97 Å². The minimum Gasteiger partial charge on any atom is -0.463 e. The molecule has 0 heterocycles. The first-order valence-electron chi connectivity index (χ1n) is 6.03. The standard InChI is InChI=1S/C14H17NO4/c1-11(16)9-14(18)19-8-7-15-13(17)10-12-5-3-2-4-6-12/h2-6H,7-10H2,1H3,(H,15,17). The van der Waals surface area contributed by atoms with Crippen LogP contribution in [0.5, 0.6) is 0 Å². The van der Waals surface area contributed by atoms with Crippen molar-refractivity contribution in [2.75, 3.05) is 13.2 Å². The van der Waals surface area contributed by atoms with Gasteiger partial charge < -0.3 is 10.1 Å². The lowest BCUT2D eigenvalue weighted by Gasteiger charge is -2.06. The third-order valence-electron chi connectivity index (χ3n) is 2.29. The topological polar surface area (TPSA) is 72.5 Å². The molecule has 0 spiro atoms. The second-order valence-corrected chi connectivity index (χ2v) is 4.11. The van der Waals surface area contributed by atoms with Crippen LogP contribution in [0.25, 0.3) is 0 Å². The molecule has 102 valence electrons. The number of nitrogens with one attached hydrogen (secondary N) is 1. The maximum Gasteiger partial charge on any atom is 0.313 e. The SMILES string of the molecule is CC(=O)CC(=O)OCCNC(=O)Cc1ccccc1. The fourth-order valence-electron chi connectivity index (χ4n) is 1.45. The Labute approximate surface area is 111 Å². The highest BCUT2D eigenvalue weighted by Gasteiger charge is 2.06. The summed E-state index contributed by atoms with van der Waals surface area (Å²) >= 11 is 0. The Kier molecular flexibility index (Phi) is 6.29. The van der Waals surface area contributed by atoms with E-state index in [9.17, 15) is 14.4 Å². The zero-order chi connectivity index (χ0) is 14.1. The summed E-state index contributed by atoms with van der Waals surface area (Å²) in [5.41, 5.74) is 0.925. The molecule has 0 aromatic heterocycles. The lowest BCUT2D eigenvalue weighted by Crippen LogP contribution is -2.29. The maximum atomic E-state index is 11.5. The molecule has 1 aromatic rings. The summed E-state index contributed by atoms with van der Waals surface area (Å²) in [4.78, 5) is 33.2. The summed E-state index contributed by atoms with van der Waals surface area (Å²) in [5, 5.41) is 2.64. The minimum atomic E-state index is -0.565. The number of ether oxygens (including phenoxy) is 1. The van der Waals surface area contributed by atoms with E-state index in [1.54, 1.807) is 0 Å². The van der Waals surface area contributed by atoms with Gasteiger partial charge in [0.1, 0.15) is 18.8 Å². The van der Waals surface area contributed by atoms with Crippen LogP contribution in [0.3, 0.4) is 0 Å². The summed E-state index contributed by atoms with van der Waals surface area (Å²) in [6.07, 6.45) is 0.0696. The Morgan fingerprint density at radius 3 is 2.47 bits per heavy atom. The van der Waals surface area contributed by atoms with Gasteiger partial charge in [0, 0.05) is 0 Å². The summed E-state index contributed by atoms with van der Waals surface area (Å²) < 4.78 is 4.78. The van der Waals surface area contributed by atoms with Crippen molar-refractivity contribution in [3.8, 4) is 0 Å². The Morgan fingerprint density at radius 2 is 1.84 bits per heavy atom. The number of benzene rings is 1. The van der Waals surface area contributed by atoms with Crippen LogP contribution in [0.4, 0.5) is 0 Å². The lowest BCUT2D eigenvalue weighted by atomic mass is 10.1. The van der Waals surface area contributed by atoms with Crippen molar-refractivity contribution >= 4 is 17.7 Å². The molecule has 0 saturated heterocycles. The van der Waals surface area contributed by atoms with E-state index in [0.717, 1.165) is 5.56 Å². The number of carbonyl (C=O) groups excluding carboxylic acids is 3.